The van der Waals surface area contributed by atoms with E-state index in [-0.39, 0.29) is 22.8 Å². The van der Waals surface area contributed by atoms with Crippen molar-refractivity contribution in [1.29, 1.82) is 0 Å². The third-order valence-corrected chi connectivity index (χ3v) is 6.99. The fourth-order valence-electron chi connectivity index (χ4n) is 4.14. The number of pyridine rings is 1. The number of likely N-dealkylation sites (N-methyl/N-ethyl adjacent to an activating group) is 1. The summed E-state index contributed by atoms with van der Waals surface area (Å²) in [7, 11) is 1.69. The molecule has 1 aromatic carbocycles. The second-order valence-corrected chi connectivity index (χ2v) is 9.12. The van der Waals surface area contributed by atoms with Crippen molar-refractivity contribution < 1.29 is 14.0 Å². The van der Waals surface area contributed by atoms with Gasteiger partial charge in [0.05, 0.1) is 11.4 Å². The standard InChI is InChI=1S/C23H26FN7O2S/c1-13-9-14(3-6-28-13)21-30-18(12-34-21)20(32)29-17-11-15(25)10-16(24)19(17)31-7-4-23(27-2,5-8-31)22(26)33/h3,6,9-12,27H,4-5,7-8,25H2,1-2H3,(H2,26,33)(H,29,32). The molecule has 1 saturated heterocycles. The van der Waals surface area contributed by atoms with E-state index in [2.05, 4.69) is 20.6 Å². The number of carbonyl (C=O) groups excluding carboxylic acids is 2. The van der Waals surface area contributed by atoms with Gasteiger partial charge in [-0.1, -0.05) is 0 Å². The van der Waals surface area contributed by atoms with Gasteiger partial charge in [0.25, 0.3) is 5.91 Å². The number of carbonyl (C=O) groups is 2. The van der Waals surface area contributed by atoms with Crippen LogP contribution in [0.3, 0.4) is 0 Å². The Kier molecular flexibility index (Phi) is 6.49. The Morgan fingerprint density at radius 3 is 2.62 bits per heavy atom. The molecule has 178 valence electrons. The molecule has 0 bridgehead atoms. The summed E-state index contributed by atoms with van der Waals surface area (Å²) in [5, 5.41) is 8.10. The van der Waals surface area contributed by atoms with Gasteiger partial charge in [0.15, 0.2) is 5.82 Å². The van der Waals surface area contributed by atoms with Gasteiger partial charge >= 0.3 is 0 Å². The second kappa shape index (κ2) is 9.35. The van der Waals surface area contributed by atoms with Crippen molar-refractivity contribution in [3.8, 4) is 10.6 Å². The molecule has 9 nitrogen and oxygen atoms in total. The molecule has 4 rings (SSSR count). The zero-order valence-electron chi connectivity index (χ0n) is 18.9. The van der Waals surface area contributed by atoms with Crippen LogP contribution in [0.25, 0.3) is 10.6 Å². The summed E-state index contributed by atoms with van der Waals surface area (Å²) < 4.78 is 15.0. The summed E-state index contributed by atoms with van der Waals surface area (Å²) >= 11 is 1.33. The molecule has 3 heterocycles. The van der Waals surface area contributed by atoms with E-state index >= 15 is 4.39 Å². The number of benzene rings is 1. The Bertz CT molecular complexity index is 1240. The van der Waals surface area contributed by atoms with Crippen molar-refractivity contribution in [2.75, 3.05) is 36.1 Å². The lowest BCUT2D eigenvalue weighted by molar-refractivity contribution is -0.125. The predicted molar refractivity (Wildman–Crippen MR) is 131 cm³/mol. The first-order valence-corrected chi connectivity index (χ1v) is 11.6. The van der Waals surface area contributed by atoms with Gasteiger partial charge < -0.3 is 27.0 Å². The lowest BCUT2D eigenvalue weighted by Gasteiger charge is -2.41. The van der Waals surface area contributed by atoms with Crippen molar-refractivity contribution in [2.24, 2.45) is 5.73 Å². The molecule has 11 heteroatoms. The molecular formula is C23H26FN7O2S. The van der Waals surface area contributed by atoms with Gasteiger partial charge in [-0.3, -0.25) is 14.6 Å². The van der Waals surface area contributed by atoms with E-state index in [1.165, 1.54) is 23.5 Å². The monoisotopic (exact) mass is 483 g/mol. The molecule has 34 heavy (non-hydrogen) atoms. The van der Waals surface area contributed by atoms with E-state index < -0.39 is 23.2 Å². The second-order valence-electron chi connectivity index (χ2n) is 8.26. The number of hydrogen-bond acceptors (Lipinski definition) is 8. The van der Waals surface area contributed by atoms with Gasteiger partial charge in [0.2, 0.25) is 5.91 Å². The lowest BCUT2D eigenvalue weighted by atomic mass is 9.86. The average molecular weight is 484 g/mol. The molecule has 1 fully saturated rings. The molecule has 0 saturated carbocycles. The highest BCUT2D eigenvalue weighted by Crippen LogP contribution is 2.36. The number of piperidine rings is 1. The van der Waals surface area contributed by atoms with Gasteiger partial charge in [0, 0.05) is 41.6 Å². The van der Waals surface area contributed by atoms with Crippen LogP contribution in [-0.2, 0) is 4.79 Å². The first kappa shape index (κ1) is 23.6. The number of nitrogen functional groups attached to an aromatic ring is 1. The minimum absolute atomic E-state index is 0.182. The van der Waals surface area contributed by atoms with Crippen LogP contribution >= 0.6 is 11.3 Å². The summed E-state index contributed by atoms with van der Waals surface area (Å²) in [5.74, 6) is -1.47. The van der Waals surface area contributed by atoms with E-state index in [0.29, 0.717) is 30.9 Å². The van der Waals surface area contributed by atoms with Crippen LogP contribution in [0.15, 0.2) is 35.8 Å². The highest BCUT2D eigenvalue weighted by atomic mass is 32.1. The number of hydrogen-bond donors (Lipinski definition) is 4. The number of amides is 2. The molecule has 1 aliphatic rings. The fraction of sp³-hybridized carbons (Fsp3) is 0.304. The summed E-state index contributed by atoms with van der Waals surface area (Å²) in [4.78, 5) is 35.3. The SMILES string of the molecule is CNC1(C(N)=O)CCN(c2c(F)cc(N)cc2NC(=O)c2csc(-c3ccnc(C)c3)n2)CC1. The Labute approximate surface area is 200 Å². The number of nitrogens with one attached hydrogen (secondary N) is 2. The van der Waals surface area contributed by atoms with Gasteiger partial charge in [-0.15, -0.1) is 11.3 Å². The highest BCUT2D eigenvalue weighted by Gasteiger charge is 2.39. The Hall–Kier alpha value is -3.57. The average Bonchev–Trinajstić information content (AvgIpc) is 3.29. The zero-order chi connectivity index (χ0) is 24.5. The molecule has 6 N–H and O–H groups in total. The first-order chi connectivity index (χ1) is 16.2. The number of nitrogens with two attached hydrogens (primary N) is 2. The van der Waals surface area contributed by atoms with Crippen LogP contribution in [0.1, 0.15) is 29.0 Å². The molecule has 2 aromatic heterocycles. The zero-order valence-corrected chi connectivity index (χ0v) is 19.7. The number of aryl methyl sites for hydroxylation is 1. The summed E-state index contributed by atoms with van der Waals surface area (Å²) in [6.45, 7) is 2.62. The van der Waals surface area contributed by atoms with Gasteiger partial charge in [-0.2, -0.15) is 0 Å². The van der Waals surface area contributed by atoms with Gasteiger partial charge in [0.1, 0.15) is 16.2 Å². The predicted octanol–water partition coefficient (Wildman–Crippen LogP) is 2.53. The largest absolute Gasteiger partial charge is 0.399 e. The molecule has 2 amide bonds. The number of rotatable bonds is 6. The smallest absolute Gasteiger partial charge is 0.275 e. The van der Waals surface area contributed by atoms with Gasteiger partial charge in [-0.25, -0.2) is 9.37 Å². The minimum Gasteiger partial charge on any atom is -0.399 e. The van der Waals surface area contributed by atoms with Crippen LogP contribution in [0.2, 0.25) is 0 Å². The van der Waals surface area contributed by atoms with Gasteiger partial charge in [-0.05, 0) is 51.1 Å². The Balaban J connectivity index is 1.57. The molecule has 0 atom stereocenters. The number of aromatic nitrogens is 2. The normalized spacial score (nSPS) is 15.2. The third-order valence-electron chi connectivity index (χ3n) is 6.10. The number of primary amides is 1. The van der Waals surface area contributed by atoms with Crippen molar-refractivity contribution >= 4 is 40.2 Å². The number of nitrogens with zero attached hydrogens (tertiary/aromatic N) is 3. The third kappa shape index (κ3) is 4.57. The molecule has 0 radical (unpaired) electrons. The van der Waals surface area contributed by atoms with Crippen LogP contribution in [-0.4, -0.2) is 47.5 Å². The van der Waals surface area contributed by atoms with E-state index in [9.17, 15) is 9.59 Å². The topological polar surface area (TPSA) is 139 Å². The van der Waals surface area contributed by atoms with Crippen LogP contribution in [0.5, 0.6) is 0 Å². The maximum Gasteiger partial charge on any atom is 0.275 e. The summed E-state index contributed by atoms with van der Waals surface area (Å²) in [6, 6.07) is 6.45. The van der Waals surface area contributed by atoms with Crippen molar-refractivity contribution in [3.63, 3.8) is 0 Å². The maximum atomic E-state index is 15.0. The number of thiazole rings is 1. The number of anilines is 3. The lowest BCUT2D eigenvalue weighted by Crippen LogP contribution is -2.59. The van der Waals surface area contributed by atoms with E-state index in [1.54, 1.807) is 23.5 Å². The number of halogens is 1. The van der Waals surface area contributed by atoms with Crippen LogP contribution < -0.4 is 27.0 Å². The van der Waals surface area contributed by atoms with Crippen molar-refractivity contribution in [3.05, 3.63) is 53.0 Å². The molecule has 1 aliphatic heterocycles. The summed E-state index contributed by atoms with van der Waals surface area (Å²) in [5.41, 5.74) is 13.2. The Morgan fingerprint density at radius 1 is 1.24 bits per heavy atom. The van der Waals surface area contributed by atoms with E-state index in [4.69, 9.17) is 11.5 Å². The maximum absolute atomic E-state index is 15.0. The van der Waals surface area contributed by atoms with E-state index in [1.807, 2.05) is 19.1 Å². The highest BCUT2D eigenvalue weighted by molar-refractivity contribution is 7.13. The summed E-state index contributed by atoms with van der Waals surface area (Å²) in [6.07, 6.45) is 2.49. The molecule has 3 aromatic rings. The minimum atomic E-state index is -0.841. The molecular weight excluding hydrogens is 457 g/mol. The molecule has 0 aliphatic carbocycles. The Morgan fingerprint density at radius 2 is 1.97 bits per heavy atom. The van der Waals surface area contributed by atoms with E-state index in [0.717, 1.165) is 11.3 Å². The van der Waals surface area contributed by atoms with Crippen molar-refractivity contribution in [2.45, 2.75) is 25.3 Å². The van der Waals surface area contributed by atoms with Crippen LogP contribution in [0, 0.1) is 12.7 Å². The van der Waals surface area contributed by atoms with Crippen LogP contribution in [0.4, 0.5) is 21.5 Å². The quantitative estimate of drug-likeness (QED) is 0.395. The first-order valence-electron chi connectivity index (χ1n) is 10.7. The molecule has 0 spiro atoms. The van der Waals surface area contributed by atoms with Crippen molar-refractivity contribution in [1.82, 2.24) is 15.3 Å². The molecule has 0 unspecified atom stereocenters. The fourth-order valence-corrected chi connectivity index (χ4v) is 4.94.